The number of benzene rings is 1. The molecule has 3 N–H and O–H groups in total. The van der Waals surface area contributed by atoms with E-state index in [2.05, 4.69) is 0 Å². The lowest BCUT2D eigenvalue weighted by Gasteiger charge is -2.20. The van der Waals surface area contributed by atoms with Crippen LogP contribution in [0.4, 0.5) is 0 Å². The molecule has 1 aromatic rings. The van der Waals surface area contributed by atoms with Crippen LogP contribution >= 0.6 is 0 Å². The van der Waals surface area contributed by atoms with E-state index in [9.17, 15) is 29.7 Å². The Morgan fingerprint density at radius 1 is 1.14 bits per heavy atom. The van der Waals surface area contributed by atoms with Gasteiger partial charge in [-0.3, -0.25) is 14.4 Å². The molecular weight excluding hydrogens is 280 g/mol. The Balaban J connectivity index is 2.89. The quantitative estimate of drug-likeness (QED) is 0.559. The largest absolute Gasteiger partial charge is 0.507 e. The predicted octanol–water partition coefficient (Wildman–Crippen LogP) is 0.902. The van der Waals surface area contributed by atoms with E-state index in [1.54, 1.807) is 0 Å². The summed E-state index contributed by atoms with van der Waals surface area (Å²) >= 11 is 0. The van der Waals surface area contributed by atoms with E-state index < -0.39 is 34.4 Å². The molecule has 0 saturated carbocycles. The number of phenolic OH excluding ortho intramolecular Hbond substituents is 2. The number of phenols is 2. The molecule has 2 rings (SSSR count). The summed E-state index contributed by atoms with van der Waals surface area (Å²) in [6.07, 6.45) is 0.343. The lowest BCUT2D eigenvalue weighted by molar-refractivity contribution is -0.116. The smallest absolute Gasteiger partial charge is 0.237 e. The summed E-state index contributed by atoms with van der Waals surface area (Å²) in [5.74, 6) is -4.63. The van der Waals surface area contributed by atoms with Crippen LogP contribution in [-0.4, -0.2) is 39.8 Å². The lowest BCUT2D eigenvalue weighted by atomic mass is 9.88. The van der Waals surface area contributed by atoms with Crippen molar-refractivity contribution in [1.82, 2.24) is 0 Å². The van der Waals surface area contributed by atoms with Crippen molar-refractivity contribution >= 4 is 23.1 Å². The highest BCUT2D eigenvalue weighted by Crippen LogP contribution is 2.47. The Morgan fingerprint density at radius 2 is 1.76 bits per heavy atom. The number of carbonyl (C=O) groups excluding carboxylic acids is 3. The first-order valence-corrected chi connectivity index (χ1v) is 5.93. The summed E-state index contributed by atoms with van der Waals surface area (Å²) in [6.45, 7) is 1.25. The zero-order valence-electron chi connectivity index (χ0n) is 11.3. The number of ether oxygens (including phenoxy) is 1. The molecule has 0 aromatic heterocycles. The second-order valence-electron chi connectivity index (χ2n) is 4.56. The third-order valence-electron chi connectivity index (χ3n) is 3.10. The lowest BCUT2D eigenvalue weighted by Crippen LogP contribution is -2.20. The fourth-order valence-electron chi connectivity index (χ4n) is 2.24. The molecule has 1 aliphatic rings. The Morgan fingerprint density at radius 3 is 2.29 bits per heavy atom. The van der Waals surface area contributed by atoms with Gasteiger partial charge >= 0.3 is 0 Å². The number of aliphatic hydroxyl groups excluding tert-OH is 1. The van der Waals surface area contributed by atoms with Gasteiger partial charge in [0.25, 0.3) is 0 Å². The van der Waals surface area contributed by atoms with Gasteiger partial charge in [-0.2, -0.15) is 0 Å². The van der Waals surface area contributed by atoms with Gasteiger partial charge in [-0.05, 0) is 6.92 Å². The average Bonchev–Trinajstić information content (AvgIpc) is 2.39. The van der Waals surface area contributed by atoms with Gasteiger partial charge in [0.1, 0.15) is 17.3 Å². The van der Waals surface area contributed by atoms with Crippen LogP contribution in [0.15, 0.2) is 6.08 Å². The van der Waals surface area contributed by atoms with Crippen molar-refractivity contribution in [2.24, 2.45) is 0 Å². The van der Waals surface area contributed by atoms with Crippen molar-refractivity contribution in [1.29, 1.82) is 0 Å². The Kier molecular flexibility index (Phi) is 3.42. The van der Waals surface area contributed by atoms with Gasteiger partial charge in [0.15, 0.2) is 11.5 Å². The Bertz CT molecular complexity index is 713. The van der Waals surface area contributed by atoms with E-state index in [1.165, 1.54) is 14.0 Å². The van der Waals surface area contributed by atoms with Crippen molar-refractivity contribution in [2.45, 2.75) is 13.3 Å². The molecule has 7 nitrogen and oxygen atoms in total. The fourth-order valence-corrected chi connectivity index (χ4v) is 2.24. The van der Waals surface area contributed by atoms with Crippen molar-refractivity contribution in [3.63, 3.8) is 0 Å². The number of hydrogen-bond donors (Lipinski definition) is 3. The summed E-state index contributed by atoms with van der Waals surface area (Å²) < 4.78 is 4.94. The summed E-state index contributed by atoms with van der Waals surface area (Å²) in [5, 5.41) is 30.0. The van der Waals surface area contributed by atoms with Crippen LogP contribution in [0.2, 0.25) is 0 Å². The van der Waals surface area contributed by atoms with Crippen molar-refractivity contribution in [3.8, 4) is 17.2 Å². The molecule has 0 fully saturated rings. The standard InChI is InChI=1S/C14H12O7/c1-5(15)3-6-11(18)10-9(13(20)14(6)21-2)7(16)4-8(17)12(10)19/h4,16,18,20H,3H2,1-2H3. The van der Waals surface area contributed by atoms with Crippen molar-refractivity contribution < 1.29 is 34.4 Å². The summed E-state index contributed by atoms with van der Waals surface area (Å²) in [6, 6.07) is 0. The molecule has 0 saturated heterocycles. The zero-order valence-corrected chi connectivity index (χ0v) is 11.3. The molecule has 0 heterocycles. The molecule has 0 aliphatic heterocycles. The predicted molar refractivity (Wildman–Crippen MR) is 70.7 cm³/mol. The van der Waals surface area contributed by atoms with Gasteiger partial charge in [0.05, 0.1) is 18.2 Å². The van der Waals surface area contributed by atoms with E-state index in [-0.39, 0.29) is 29.1 Å². The van der Waals surface area contributed by atoms with Crippen LogP contribution in [0, 0.1) is 0 Å². The molecule has 1 aliphatic carbocycles. The van der Waals surface area contributed by atoms with E-state index in [0.717, 1.165) is 0 Å². The van der Waals surface area contributed by atoms with Crippen LogP contribution < -0.4 is 4.74 Å². The number of methoxy groups -OCH3 is 1. The minimum absolute atomic E-state index is 0.114. The van der Waals surface area contributed by atoms with Crippen molar-refractivity contribution in [3.05, 3.63) is 22.8 Å². The molecule has 21 heavy (non-hydrogen) atoms. The van der Waals surface area contributed by atoms with E-state index >= 15 is 0 Å². The average molecular weight is 292 g/mol. The van der Waals surface area contributed by atoms with Gasteiger partial charge in [-0.1, -0.05) is 0 Å². The number of allylic oxidation sites excluding steroid dienone is 1. The molecule has 0 spiro atoms. The first-order chi connectivity index (χ1) is 9.79. The van der Waals surface area contributed by atoms with Gasteiger partial charge in [-0.25, -0.2) is 0 Å². The number of hydrogen-bond acceptors (Lipinski definition) is 7. The molecule has 0 radical (unpaired) electrons. The Labute approximate surface area is 119 Å². The maximum absolute atomic E-state index is 11.9. The molecule has 0 amide bonds. The summed E-state index contributed by atoms with van der Waals surface area (Å²) in [5.41, 5.74) is -1.03. The highest BCUT2D eigenvalue weighted by Gasteiger charge is 2.35. The number of fused-ring (bicyclic) bond motifs is 1. The molecule has 7 heteroatoms. The highest BCUT2D eigenvalue weighted by atomic mass is 16.5. The topological polar surface area (TPSA) is 121 Å². The first kappa shape index (κ1) is 14.6. The minimum Gasteiger partial charge on any atom is -0.507 e. The number of aromatic hydroxyl groups is 2. The molecule has 0 atom stereocenters. The molecule has 110 valence electrons. The third kappa shape index (κ3) is 2.12. The van der Waals surface area contributed by atoms with Crippen LogP contribution in [0.3, 0.4) is 0 Å². The molecule has 1 aromatic carbocycles. The third-order valence-corrected chi connectivity index (χ3v) is 3.10. The number of Topliss-reactive ketones (excluding diaryl/α,β-unsaturated/α-hetero) is 2. The summed E-state index contributed by atoms with van der Waals surface area (Å²) in [4.78, 5) is 34.6. The molecule has 0 bridgehead atoms. The maximum atomic E-state index is 11.9. The molecule has 0 unspecified atom stereocenters. The van der Waals surface area contributed by atoms with E-state index in [1.807, 2.05) is 0 Å². The second-order valence-corrected chi connectivity index (χ2v) is 4.56. The number of carbonyl (C=O) groups is 3. The highest BCUT2D eigenvalue weighted by molar-refractivity contribution is 6.51. The summed E-state index contributed by atoms with van der Waals surface area (Å²) in [7, 11) is 1.20. The number of rotatable bonds is 3. The monoisotopic (exact) mass is 292 g/mol. The van der Waals surface area contributed by atoms with Crippen LogP contribution in [0.1, 0.15) is 28.4 Å². The van der Waals surface area contributed by atoms with Crippen LogP contribution in [0.25, 0.3) is 5.76 Å². The fraction of sp³-hybridized carbons (Fsp3) is 0.214. The van der Waals surface area contributed by atoms with Crippen LogP contribution in [-0.2, 0) is 16.0 Å². The van der Waals surface area contributed by atoms with Gasteiger partial charge in [0.2, 0.25) is 11.6 Å². The number of ketones is 3. The van der Waals surface area contributed by atoms with Crippen molar-refractivity contribution in [2.75, 3.05) is 7.11 Å². The molecular formula is C14H12O7. The van der Waals surface area contributed by atoms with Gasteiger partial charge < -0.3 is 20.1 Å². The SMILES string of the molecule is COc1c(O)c2c(c(O)c1CC(C)=O)C(=O)C(=O)C=C2O. The second kappa shape index (κ2) is 4.93. The normalized spacial score (nSPS) is 13.7. The van der Waals surface area contributed by atoms with Crippen LogP contribution in [0.5, 0.6) is 17.2 Å². The Hall–Kier alpha value is -2.83. The van der Waals surface area contributed by atoms with Gasteiger partial charge in [-0.15, -0.1) is 0 Å². The minimum atomic E-state index is -1.08. The zero-order chi connectivity index (χ0) is 15.9. The van der Waals surface area contributed by atoms with E-state index in [0.29, 0.717) is 6.08 Å². The van der Waals surface area contributed by atoms with Gasteiger partial charge in [0, 0.05) is 18.1 Å². The first-order valence-electron chi connectivity index (χ1n) is 5.93. The van der Waals surface area contributed by atoms with E-state index in [4.69, 9.17) is 4.74 Å². The maximum Gasteiger partial charge on any atom is 0.237 e. The number of aliphatic hydroxyl groups is 1.